The highest BCUT2D eigenvalue weighted by molar-refractivity contribution is 6.00. The lowest BCUT2D eigenvalue weighted by molar-refractivity contribution is -0.912. The van der Waals surface area contributed by atoms with Gasteiger partial charge in [0.1, 0.15) is 17.6 Å². The summed E-state index contributed by atoms with van der Waals surface area (Å²) in [5, 5.41) is 12.8. The maximum atomic E-state index is 12.9. The first-order chi connectivity index (χ1) is 14.4. The normalized spacial score (nSPS) is 15.8. The summed E-state index contributed by atoms with van der Waals surface area (Å²) in [7, 11) is 1.22. The van der Waals surface area contributed by atoms with Crippen molar-refractivity contribution in [1.82, 2.24) is 10.3 Å². The van der Waals surface area contributed by atoms with Crippen LogP contribution < -0.4 is 10.6 Å². The zero-order valence-electron chi connectivity index (χ0n) is 17.1. The Morgan fingerprint density at radius 1 is 1.07 bits per heavy atom. The highest BCUT2D eigenvalue weighted by Gasteiger charge is 2.35. The molecule has 2 aromatic heterocycles. The zero-order chi connectivity index (χ0) is 21.6. The number of methoxy groups -OCH3 is 1. The Hall–Kier alpha value is -3.21. The van der Waals surface area contributed by atoms with E-state index in [1.807, 2.05) is 0 Å². The average molecular weight is 420 g/mol. The van der Waals surface area contributed by atoms with E-state index in [-0.39, 0.29) is 36.4 Å². The van der Waals surface area contributed by atoms with Gasteiger partial charge in [-0.2, -0.15) is 0 Å². The van der Waals surface area contributed by atoms with Gasteiger partial charge < -0.3 is 28.9 Å². The maximum absolute atomic E-state index is 12.9. The third-order valence-corrected chi connectivity index (χ3v) is 5.18. The molecule has 1 aliphatic rings. The molecule has 11 nitrogen and oxygen atoms in total. The fraction of sp³-hybridized carbons (Fsp3) is 0.526. The molecular formula is C19H26N5O6+. The van der Waals surface area contributed by atoms with Crippen molar-refractivity contribution < 1.29 is 32.6 Å². The topological polar surface area (TPSA) is 137 Å². The van der Waals surface area contributed by atoms with E-state index >= 15 is 0 Å². The standard InChI is InChI=1S/C19H25N5O6/c1-13-17(18(30-22-13)19(27)28-2)21-16(26)12-24(8-5-3-4-6-9-24)11-15(25)20-14-7-10-29-23-14/h7,10H,3-6,8-9,11-12H2,1-2H3,(H-,20,21,23,25,26,27)/p+1. The van der Waals surface area contributed by atoms with Crippen molar-refractivity contribution in [2.75, 3.05) is 43.9 Å². The van der Waals surface area contributed by atoms with Gasteiger partial charge in [-0.3, -0.25) is 9.59 Å². The van der Waals surface area contributed by atoms with Gasteiger partial charge in [0.2, 0.25) is 0 Å². The quantitative estimate of drug-likeness (QED) is 0.510. The summed E-state index contributed by atoms with van der Waals surface area (Å²) in [4.78, 5) is 37.4. The van der Waals surface area contributed by atoms with E-state index in [2.05, 4.69) is 25.7 Å². The Kier molecular flexibility index (Phi) is 6.83. The number of ether oxygens (including phenoxy) is 1. The number of hydrogen-bond donors (Lipinski definition) is 2. The lowest BCUT2D eigenvalue weighted by Crippen LogP contribution is -2.56. The molecule has 0 aliphatic carbocycles. The molecule has 162 valence electrons. The predicted octanol–water partition coefficient (Wildman–Crippen LogP) is 1.73. The van der Waals surface area contributed by atoms with Gasteiger partial charge in [-0.05, 0) is 32.6 Å². The molecule has 0 spiro atoms. The van der Waals surface area contributed by atoms with Gasteiger partial charge in [0.15, 0.2) is 18.9 Å². The summed E-state index contributed by atoms with van der Waals surface area (Å²) in [5.74, 6) is -1.12. The van der Waals surface area contributed by atoms with Crippen LogP contribution in [0.3, 0.4) is 0 Å². The van der Waals surface area contributed by atoms with Gasteiger partial charge in [0.25, 0.3) is 17.6 Å². The monoisotopic (exact) mass is 420 g/mol. The lowest BCUT2D eigenvalue weighted by atomic mass is 10.2. The number of likely N-dealkylation sites (tertiary alicyclic amines) is 1. The molecule has 11 heteroatoms. The molecule has 0 unspecified atom stereocenters. The van der Waals surface area contributed by atoms with Gasteiger partial charge in [-0.1, -0.05) is 10.3 Å². The summed E-state index contributed by atoms with van der Waals surface area (Å²) >= 11 is 0. The summed E-state index contributed by atoms with van der Waals surface area (Å²) in [6, 6.07) is 1.56. The average Bonchev–Trinajstić information content (AvgIpc) is 3.27. The molecule has 30 heavy (non-hydrogen) atoms. The SMILES string of the molecule is COC(=O)c1onc(C)c1NC(=O)C[N+]1(CC(=O)Nc2ccon2)CCCCCC1. The number of quaternary nitrogens is 1. The Balaban J connectivity index is 1.73. The van der Waals surface area contributed by atoms with Gasteiger partial charge in [0, 0.05) is 6.07 Å². The van der Waals surface area contributed by atoms with Crippen molar-refractivity contribution in [3.8, 4) is 0 Å². The van der Waals surface area contributed by atoms with Crippen LogP contribution in [0.1, 0.15) is 41.9 Å². The van der Waals surface area contributed by atoms with Gasteiger partial charge >= 0.3 is 5.97 Å². The minimum atomic E-state index is -0.725. The van der Waals surface area contributed by atoms with Crippen LogP contribution in [0.15, 0.2) is 21.4 Å². The number of amides is 2. The predicted molar refractivity (Wildman–Crippen MR) is 105 cm³/mol. The summed E-state index contributed by atoms with van der Waals surface area (Å²) in [6.45, 7) is 3.23. The second-order valence-electron chi connectivity index (χ2n) is 7.46. The van der Waals surface area contributed by atoms with Crippen LogP contribution >= 0.6 is 0 Å². The molecule has 0 atom stereocenters. The van der Waals surface area contributed by atoms with E-state index < -0.39 is 5.97 Å². The van der Waals surface area contributed by atoms with E-state index in [0.717, 1.165) is 25.7 Å². The van der Waals surface area contributed by atoms with Crippen LogP contribution in [0.25, 0.3) is 0 Å². The fourth-order valence-electron chi connectivity index (χ4n) is 3.73. The second-order valence-corrected chi connectivity index (χ2v) is 7.46. The molecule has 0 radical (unpaired) electrons. The van der Waals surface area contributed by atoms with Crippen molar-refractivity contribution in [1.29, 1.82) is 0 Å². The van der Waals surface area contributed by atoms with Crippen LogP contribution in [0, 0.1) is 6.92 Å². The number of rotatable bonds is 7. The number of aromatic nitrogens is 2. The van der Waals surface area contributed by atoms with E-state index in [1.54, 1.807) is 13.0 Å². The van der Waals surface area contributed by atoms with Gasteiger partial charge in [-0.25, -0.2) is 4.79 Å². The molecule has 0 bridgehead atoms. The highest BCUT2D eigenvalue weighted by atomic mass is 16.5. The molecule has 2 amide bonds. The third-order valence-electron chi connectivity index (χ3n) is 5.18. The van der Waals surface area contributed by atoms with Crippen LogP contribution in [-0.4, -0.2) is 65.9 Å². The Bertz CT molecular complexity index is 883. The molecule has 2 aromatic rings. The smallest absolute Gasteiger partial charge is 0.379 e. The third kappa shape index (κ3) is 5.23. The summed E-state index contributed by atoms with van der Waals surface area (Å²) in [6.07, 6.45) is 5.33. The molecule has 1 saturated heterocycles. The van der Waals surface area contributed by atoms with Crippen molar-refractivity contribution in [2.24, 2.45) is 0 Å². The Morgan fingerprint density at radius 3 is 2.33 bits per heavy atom. The largest absolute Gasteiger partial charge is 0.463 e. The Morgan fingerprint density at radius 2 is 1.73 bits per heavy atom. The molecular weight excluding hydrogens is 394 g/mol. The minimum absolute atomic E-state index is 0.0808. The fourth-order valence-corrected chi connectivity index (χ4v) is 3.73. The summed E-state index contributed by atoms with van der Waals surface area (Å²) in [5.41, 5.74) is 0.557. The first-order valence-electron chi connectivity index (χ1n) is 9.82. The van der Waals surface area contributed by atoms with Gasteiger partial charge in [-0.15, -0.1) is 0 Å². The van der Waals surface area contributed by atoms with Gasteiger partial charge in [0.05, 0.1) is 20.2 Å². The van der Waals surface area contributed by atoms with E-state index in [9.17, 15) is 14.4 Å². The number of nitrogens with zero attached hydrogens (tertiary/aromatic N) is 3. The van der Waals surface area contributed by atoms with Crippen LogP contribution in [0.4, 0.5) is 11.5 Å². The molecule has 2 N–H and O–H groups in total. The number of carbonyl (C=O) groups is 3. The number of anilines is 2. The number of aryl methyl sites for hydroxylation is 1. The number of nitrogens with one attached hydrogen (secondary N) is 2. The molecule has 3 heterocycles. The second kappa shape index (κ2) is 9.53. The summed E-state index contributed by atoms with van der Waals surface area (Å²) < 4.78 is 14.7. The molecule has 3 rings (SSSR count). The number of esters is 1. The van der Waals surface area contributed by atoms with E-state index in [4.69, 9.17) is 9.05 Å². The lowest BCUT2D eigenvalue weighted by Gasteiger charge is -2.36. The molecule has 0 saturated carbocycles. The van der Waals surface area contributed by atoms with Crippen molar-refractivity contribution in [3.05, 3.63) is 23.8 Å². The number of hydrogen-bond acceptors (Lipinski definition) is 8. The highest BCUT2D eigenvalue weighted by Crippen LogP contribution is 2.23. The van der Waals surface area contributed by atoms with Crippen LogP contribution in [0.5, 0.6) is 0 Å². The maximum Gasteiger partial charge on any atom is 0.379 e. The number of carbonyl (C=O) groups excluding carboxylic acids is 3. The molecule has 1 fully saturated rings. The van der Waals surface area contributed by atoms with Crippen molar-refractivity contribution >= 4 is 29.3 Å². The van der Waals surface area contributed by atoms with Crippen LogP contribution in [-0.2, 0) is 14.3 Å². The first-order valence-corrected chi connectivity index (χ1v) is 9.82. The van der Waals surface area contributed by atoms with Crippen LogP contribution in [0.2, 0.25) is 0 Å². The molecule has 0 aromatic carbocycles. The zero-order valence-corrected chi connectivity index (χ0v) is 17.1. The Labute approximate surface area is 173 Å². The van der Waals surface area contributed by atoms with Crippen molar-refractivity contribution in [3.63, 3.8) is 0 Å². The van der Waals surface area contributed by atoms with Crippen molar-refractivity contribution in [2.45, 2.75) is 32.6 Å². The minimum Gasteiger partial charge on any atom is -0.463 e. The molecule has 1 aliphatic heterocycles. The van der Waals surface area contributed by atoms with E-state index in [0.29, 0.717) is 29.1 Å². The first kappa shape index (κ1) is 21.5. The van der Waals surface area contributed by atoms with E-state index in [1.165, 1.54) is 13.4 Å².